The van der Waals surface area contributed by atoms with E-state index < -0.39 is 0 Å². The lowest BCUT2D eigenvalue weighted by Gasteiger charge is -2.06. The van der Waals surface area contributed by atoms with Crippen molar-refractivity contribution in [3.05, 3.63) is 42.5 Å². The Bertz CT molecular complexity index is 358. The van der Waals surface area contributed by atoms with E-state index in [9.17, 15) is 0 Å². The Balaban J connectivity index is 1.75. The summed E-state index contributed by atoms with van der Waals surface area (Å²) in [4.78, 5) is 1.39. The maximum Gasteiger partial charge on any atom is 0.0208 e. The lowest BCUT2D eigenvalue weighted by molar-refractivity contribution is 0.687. The Kier molecular flexibility index (Phi) is 5.14. The minimum Gasteiger partial charge on any atom is -0.310 e. The third-order valence-corrected chi connectivity index (χ3v) is 3.97. The van der Waals surface area contributed by atoms with E-state index in [4.69, 9.17) is 0 Å². The van der Waals surface area contributed by atoms with Crippen molar-refractivity contribution >= 4 is 11.8 Å². The molecule has 92 valence electrons. The number of benzene rings is 1. The third-order valence-electron chi connectivity index (χ3n) is 2.89. The summed E-state index contributed by atoms with van der Waals surface area (Å²) in [5.41, 5.74) is 1.41. The van der Waals surface area contributed by atoms with E-state index in [0.717, 1.165) is 19.0 Å². The first kappa shape index (κ1) is 12.7. The van der Waals surface area contributed by atoms with Crippen LogP contribution in [0.3, 0.4) is 0 Å². The van der Waals surface area contributed by atoms with E-state index in [2.05, 4.69) is 36.2 Å². The largest absolute Gasteiger partial charge is 0.310 e. The summed E-state index contributed by atoms with van der Waals surface area (Å²) < 4.78 is 0. The predicted octanol–water partition coefficient (Wildman–Crippen LogP) is 4.00. The highest BCUT2D eigenvalue weighted by molar-refractivity contribution is 7.99. The van der Waals surface area contributed by atoms with Crippen molar-refractivity contribution in [3.63, 3.8) is 0 Å². The molecule has 2 rings (SSSR count). The van der Waals surface area contributed by atoms with Crippen LogP contribution in [0.15, 0.2) is 41.8 Å². The molecule has 1 N–H and O–H groups in total. The minimum atomic E-state index is 0.791. The van der Waals surface area contributed by atoms with E-state index in [1.165, 1.54) is 35.5 Å². The van der Waals surface area contributed by atoms with Gasteiger partial charge in [-0.2, -0.15) is 0 Å². The summed E-state index contributed by atoms with van der Waals surface area (Å²) in [6.45, 7) is 4.77. The molecule has 1 fully saturated rings. The SMILES string of the molecule is C=CCCCSc1cccc(CNC2CC2)c1. The maximum atomic E-state index is 3.75. The molecule has 17 heavy (non-hydrogen) atoms. The van der Waals surface area contributed by atoms with E-state index >= 15 is 0 Å². The molecule has 0 radical (unpaired) electrons. The van der Waals surface area contributed by atoms with Crippen LogP contribution in [0.4, 0.5) is 0 Å². The lowest BCUT2D eigenvalue weighted by atomic mass is 10.2. The van der Waals surface area contributed by atoms with Gasteiger partial charge in [0.25, 0.3) is 0 Å². The molecule has 2 heteroatoms. The second-order valence-electron chi connectivity index (χ2n) is 4.58. The number of hydrogen-bond acceptors (Lipinski definition) is 2. The number of rotatable bonds is 8. The molecule has 1 aromatic carbocycles. The number of nitrogens with one attached hydrogen (secondary N) is 1. The fourth-order valence-electron chi connectivity index (χ4n) is 1.71. The second kappa shape index (κ2) is 6.87. The van der Waals surface area contributed by atoms with Crippen LogP contribution < -0.4 is 5.32 Å². The molecule has 1 aromatic rings. The van der Waals surface area contributed by atoms with Gasteiger partial charge in [-0.25, -0.2) is 0 Å². The van der Waals surface area contributed by atoms with Gasteiger partial charge in [0.15, 0.2) is 0 Å². The van der Waals surface area contributed by atoms with Gasteiger partial charge in [0.1, 0.15) is 0 Å². The first-order valence-electron chi connectivity index (χ1n) is 6.44. The van der Waals surface area contributed by atoms with Crippen LogP contribution >= 0.6 is 11.8 Å². The normalized spacial score (nSPS) is 14.8. The summed E-state index contributed by atoms with van der Waals surface area (Å²) in [5.74, 6) is 1.19. The summed E-state index contributed by atoms with van der Waals surface area (Å²) in [5, 5.41) is 3.55. The highest BCUT2D eigenvalue weighted by atomic mass is 32.2. The molecule has 1 aliphatic carbocycles. The smallest absolute Gasteiger partial charge is 0.0208 e. The van der Waals surface area contributed by atoms with Gasteiger partial charge in [-0.05, 0) is 49.1 Å². The molecule has 0 aliphatic heterocycles. The topological polar surface area (TPSA) is 12.0 Å². The Morgan fingerprint density at radius 3 is 3.06 bits per heavy atom. The fourth-order valence-corrected chi connectivity index (χ4v) is 2.67. The number of unbranched alkanes of at least 4 members (excludes halogenated alkanes) is 1. The quantitative estimate of drug-likeness (QED) is 0.423. The second-order valence-corrected chi connectivity index (χ2v) is 5.75. The zero-order chi connectivity index (χ0) is 11.9. The average molecular weight is 247 g/mol. The molecular formula is C15H21NS. The van der Waals surface area contributed by atoms with Crippen molar-refractivity contribution in [1.82, 2.24) is 5.32 Å². The Morgan fingerprint density at radius 1 is 1.41 bits per heavy atom. The van der Waals surface area contributed by atoms with Crippen molar-refractivity contribution in [3.8, 4) is 0 Å². The monoisotopic (exact) mass is 247 g/mol. The summed E-state index contributed by atoms with van der Waals surface area (Å²) >= 11 is 1.95. The highest BCUT2D eigenvalue weighted by Gasteiger charge is 2.19. The van der Waals surface area contributed by atoms with Gasteiger partial charge in [-0.1, -0.05) is 18.2 Å². The van der Waals surface area contributed by atoms with Crippen LogP contribution in [0.5, 0.6) is 0 Å². The molecule has 0 aromatic heterocycles. The molecule has 1 aliphatic rings. The van der Waals surface area contributed by atoms with Gasteiger partial charge in [-0.15, -0.1) is 18.3 Å². The van der Waals surface area contributed by atoms with E-state index in [1.807, 2.05) is 17.8 Å². The molecule has 0 amide bonds. The Morgan fingerprint density at radius 2 is 2.29 bits per heavy atom. The van der Waals surface area contributed by atoms with Crippen molar-refractivity contribution < 1.29 is 0 Å². The van der Waals surface area contributed by atoms with Crippen molar-refractivity contribution in [1.29, 1.82) is 0 Å². The van der Waals surface area contributed by atoms with Gasteiger partial charge in [0.2, 0.25) is 0 Å². The van der Waals surface area contributed by atoms with E-state index in [-0.39, 0.29) is 0 Å². The van der Waals surface area contributed by atoms with E-state index in [1.54, 1.807) is 0 Å². The molecule has 0 bridgehead atoms. The Labute approximate surface area is 109 Å². The molecule has 0 spiro atoms. The zero-order valence-corrected chi connectivity index (χ0v) is 11.1. The number of hydrogen-bond donors (Lipinski definition) is 1. The van der Waals surface area contributed by atoms with Crippen molar-refractivity contribution in [2.24, 2.45) is 0 Å². The molecule has 0 saturated heterocycles. The van der Waals surface area contributed by atoms with Crippen LogP contribution in [0.25, 0.3) is 0 Å². The first-order valence-corrected chi connectivity index (χ1v) is 7.43. The molecule has 0 atom stereocenters. The van der Waals surface area contributed by atoms with Gasteiger partial charge < -0.3 is 5.32 Å². The fraction of sp³-hybridized carbons (Fsp3) is 0.467. The summed E-state index contributed by atoms with van der Waals surface area (Å²) in [6.07, 6.45) is 7.05. The van der Waals surface area contributed by atoms with Gasteiger partial charge in [-0.3, -0.25) is 0 Å². The predicted molar refractivity (Wildman–Crippen MR) is 76.5 cm³/mol. The third kappa shape index (κ3) is 4.97. The molecular weight excluding hydrogens is 226 g/mol. The van der Waals surface area contributed by atoms with Gasteiger partial charge >= 0.3 is 0 Å². The Hall–Kier alpha value is -0.730. The van der Waals surface area contributed by atoms with Gasteiger partial charge in [0, 0.05) is 17.5 Å². The first-order chi connectivity index (χ1) is 8.38. The maximum absolute atomic E-state index is 3.75. The van der Waals surface area contributed by atoms with Crippen molar-refractivity contribution in [2.75, 3.05) is 5.75 Å². The van der Waals surface area contributed by atoms with E-state index in [0.29, 0.717) is 0 Å². The van der Waals surface area contributed by atoms with Crippen LogP contribution in [-0.4, -0.2) is 11.8 Å². The molecule has 1 nitrogen and oxygen atoms in total. The lowest BCUT2D eigenvalue weighted by Crippen LogP contribution is -2.15. The van der Waals surface area contributed by atoms with Gasteiger partial charge in [0.05, 0.1) is 0 Å². The van der Waals surface area contributed by atoms with Crippen LogP contribution in [0.1, 0.15) is 31.2 Å². The van der Waals surface area contributed by atoms with Crippen LogP contribution in [0, 0.1) is 0 Å². The number of thioether (sulfide) groups is 1. The molecule has 0 heterocycles. The molecule has 0 unspecified atom stereocenters. The summed E-state index contributed by atoms with van der Waals surface area (Å²) in [6, 6.07) is 9.69. The standard InChI is InChI=1S/C15H21NS/c1-2-3-4-10-17-15-7-5-6-13(11-15)12-16-14-8-9-14/h2,5-7,11,14,16H,1,3-4,8-10,12H2. The zero-order valence-electron chi connectivity index (χ0n) is 10.3. The highest BCUT2D eigenvalue weighted by Crippen LogP contribution is 2.22. The average Bonchev–Trinajstić information content (AvgIpc) is 3.17. The number of allylic oxidation sites excluding steroid dienone is 1. The minimum absolute atomic E-state index is 0.791. The van der Waals surface area contributed by atoms with Crippen LogP contribution in [-0.2, 0) is 6.54 Å². The molecule has 1 saturated carbocycles. The van der Waals surface area contributed by atoms with Crippen LogP contribution in [0.2, 0.25) is 0 Å². The summed E-state index contributed by atoms with van der Waals surface area (Å²) in [7, 11) is 0. The van der Waals surface area contributed by atoms with Crippen molar-refractivity contribution in [2.45, 2.75) is 43.2 Å².